The van der Waals surface area contributed by atoms with Crippen molar-refractivity contribution in [2.75, 3.05) is 0 Å². The maximum Gasteiger partial charge on any atom is 0.149 e. The molecule has 0 spiro atoms. The first-order valence-electron chi connectivity index (χ1n) is 11.1. The van der Waals surface area contributed by atoms with Crippen molar-refractivity contribution in [1.29, 1.82) is 0 Å². The van der Waals surface area contributed by atoms with E-state index in [2.05, 4.69) is 29.3 Å². The second kappa shape index (κ2) is 10.5. The monoisotopic (exact) mass is 387 g/mol. The Morgan fingerprint density at radius 2 is 1.56 bits per heavy atom. The van der Waals surface area contributed by atoms with Crippen molar-refractivity contribution >= 4 is 23.1 Å². The minimum Gasteiger partial charge on any atom is -0.205 e. The number of isothiocyanates is 1. The lowest BCUT2D eigenvalue weighted by atomic mass is 9.68. The fourth-order valence-electron chi connectivity index (χ4n) is 5.52. The molecule has 0 bridgehead atoms. The quantitative estimate of drug-likeness (QED) is 0.342. The predicted octanol–water partition coefficient (Wildman–Crippen LogP) is 7.91. The number of halogens is 1. The van der Waals surface area contributed by atoms with Crippen LogP contribution >= 0.6 is 12.2 Å². The Morgan fingerprint density at radius 1 is 0.963 bits per heavy atom. The molecule has 2 aliphatic rings. The van der Waals surface area contributed by atoms with Gasteiger partial charge in [-0.05, 0) is 92.1 Å². The van der Waals surface area contributed by atoms with E-state index in [1.807, 2.05) is 6.07 Å². The fraction of sp³-hybridized carbons (Fsp3) is 0.708. The van der Waals surface area contributed by atoms with Gasteiger partial charge in [0.2, 0.25) is 0 Å². The zero-order valence-electron chi connectivity index (χ0n) is 16.8. The third kappa shape index (κ3) is 5.96. The van der Waals surface area contributed by atoms with E-state index < -0.39 is 0 Å². The Kier molecular flexibility index (Phi) is 8.03. The van der Waals surface area contributed by atoms with E-state index in [4.69, 9.17) is 0 Å². The van der Waals surface area contributed by atoms with Crippen LogP contribution in [0.2, 0.25) is 0 Å². The van der Waals surface area contributed by atoms with Crippen LogP contribution in [0.1, 0.15) is 83.1 Å². The van der Waals surface area contributed by atoms with Crippen LogP contribution in [0, 0.1) is 29.5 Å². The van der Waals surface area contributed by atoms with E-state index in [1.54, 1.807) is 12.1 Å². The van der Waals surface area contributed by atoms with Gasteiger partial charge in [0.25, 0.3) is 0 Å². The Hall–Kier alpha value is -1.05. The fourth-order valence-corrected chi connectivity index (χ4v) is 5.62. The molecule has 27 heavy (non-hydrogen) atoms. The highest BCUT2D eigenvalue weighted by atomic mass is 32.1. The summed E-state index contributed by atoms with van der Waals surface area (Å²) in [6.07, 6.45) is 16.5. The molecule has 1 nitrogen and oxygen atoms in total. The topological polar surface area (TPSA) is 12.4 Å². The largest absolute Gasteiger partial charge is 0.205 e. The highest BCUT2D eigenvalue weighted by Gasteiger charge is 2.30. The average Bonchev–Trinajstić information content (AvgIpc) is 2.70. The van der Waals surface area contributed by atoms with Crippen molar-refractivity contribution in [2.45, 2.75) is 84.0 Å². The zero-order valence-corrected chi connectivity index (χ0v) is 17.6. The minimum absolute atomic E-state index is 0.285. The molecule has 2 aliphatic carbocycles. The van der Waals surface area contributed by atoms with E-state index >= 15 is 0 Å². The van der Waals surface area contributed by atoms with Gasteiger partial charge >= 0.3 is 0 Å². The lowest BCUT2D eigenvalue weighted by molar-refractivity contribution is 0.141. The molecule has 0 aliphatic heterocycles. The molecule has 1 aromatic rings. The number of hydrogen-bond donors (Lipinski definition) is 0. The van der Waals surface area contributed by atoms with Gasteiger partial charge in [-0.15, -0.1) is 0 Å². The molecule has 3 rings (SSSR count). The Morgan fingerprint density at radius 3 is 2.07 bits per heavy atom. The van der Waals surface area contributed by atoms with Crippen molar-refractivity contribution in [3.63, 3.8) is 0 Å². The highest BCUT2D eigenvalue weighted by Crippen LogP contribution is 2.43. The number of aryl methyl sites for hydroxylation is 1. The van der Waals surface area contributed by atoms with Crippen molar-refractivity contribution in [1.82, 2.24) is 0 Å². The first-order chi connectivity index (χ1) is 13.2. The second-order valence-electron chi connectivity index (χ2n) is 8.88. The third-order valence-electron chi connectivity index (χ3n) is 7.17. The predicted molar refractivity (Wildman–Crippen MR) is 115 cm³/mol. The van der Waals surface area contributed by atoms with E-state index in [1.165, 1.54) is 70.6 Å². The Bertz CT molecular complexity index is 636. The third-order valence-corrected chi connectivity index (χ3v) is 7.26. The zero-order chi connectivity index (χ0) is 19.1. The van der Waals surface area contributed by atoms with Gasteiger partial charge in [-0.1, -0.05) is 51.5 Å². The van der Waals surface area contributed by atoms with Crippen LogP contribution in [-0.2, 0) is 6.42 Å². The van der Waals surface area contributed by atoms with Crippen molar-refractivity contribution in [3.8, 4) is 0 Å². The van der Waals surface area contributed by atoms with Gasteiger partial charge in [0.15, 0.2) is 0 Å². The summed E-state index contributed by atoms with van der Waals surface area (Å²) in [5.74, 6) is 3.53. The summed E-state index contributed by atoms with van der Waals surface area (Å²) in [5.41, 5.74) is 1.37. The first-order valence-corrected chi connectivity index (χ1v) is 11.5. The lowest BCUT2D eigenvalue weighted by Gasteiger charge is -2.38. The Labute approximate surface area is 169 Å². The molecule has 1 aromatic carbocycles. The molecule has 0 saturated heterocycles. The lowest BCUT2D eigenvalue weighted by Crippen LogP contribution is -2.26. The van der Waals surface area contributed by atoms with E-state index in [0.717, 1.165) is 35.7 Å². The van der Waals surface area contributed by atoms with Gasteiger partial charge in [0.1, 0.15) is 11.5 Å². The molecule has 0 amide bonds. The SMILES string of the molecule is CCCC1CCC(C2CCC(CCc3ccc(N=C=S)c(F)c3)CC2)CC1. The first kappa shape index (κ1) is 20.7. The van der Waals surface area contributed by atoms with Gasteiger partial charge < -0.3 is 0 Å². The molecule has 0 aromatic heterocycles. The van der Waals surface area contributed by atoms with Crippen LogP contribution in [0.25, 0.3) is 0 Å². The van der Waals surface area contributed by atoms with Crippen molar-refractivity contribution in [3.05, 3.63) is 29.6 Å². The van der Waals surface area contributed by atoms with Gasteiger partial charge in [0, 0.05) is 0 Å². The number of rotatable bonds is 7. The van der Waals surface area contributed by atoms with Crippen LogP contribution < -0.4 is 0 Å². The van der Waals surface area contributed by atoms with Gasteiger partial charge in [-0.2, -0.15) is 4.99 Å². The maximum atomic E-state index is 14.0. The molecule has 3 heteroatoms. The van der Waals surface area contributed by atoms with Crippen molar-refractivity contribution in [2.24, 2.45) is 28.7 Å². The molecule has 0 radical (unpaired) electrons. The maximum absolute atomic E-state index is 14.0. The van der Waals surface area contributed by atoms with Crippen LogP contribution in [0.5, 0.6) is 0 Å². The summed E-state index contributed by atoms with van der Waals surface area (Å²) in [5, 5.41) is 2.24. The van der Waals surface area contributed by atoms with Crippen LogP contribution in [-0.4, -0.2) is 5.16 Å². The number of aliphatic imine (C=N–C) groups is 1. The van der Waals surface area contributed by atoms with Gasteiger partial charge in [0.05, 0.1) is 5.16 Å². The summed E-state index contributed by atoms with van der Waals surface area (Å²) in [7, 11) is 0. The molecule has 2 fully saturated rings. The molecular formula is C24H34FNS. The minimum atomic E-state index is -0.285. The number of thiocarbonyl (C=S) groups is 1. The number of hydrogen-bond acceptors (Lipinski definition) is 2. The van der Waals surface area contributed by atoms with E-state index in [-0.39, 0.29) is 5.82 Å². The van der Waals surface area contributed by atoms with Crippen LogP contribution in [0.15, 0.2) is 23.2 Å². The number of nitrogens with zero attached hydrogens (tertiary/aromatic N) is 1. The van der Waals surface area contributed by atoms with Gasteiger partial charge in [-0.25, -0.2) is 4.39 Å². The molecule has 0 N–H and O–H groups in total. The molecule has 148 valence electrons. The normalized spacial score (nSPS) is 28.5. The van der Waals surface area contributed by atoms with Gasteiger partial charge in [-0.3, -0.25) is 0 Å². The molecule has 0 atom stereocenters. The van der Waals surface area contributed by atoms with Crippen LogP contribution in [0.3, 0.4) is 0 Å². The average molecular weight is 388 g/mol. The molecule has 0 heterocycles. The molecule has 2 saturated carbocycles. The standard InChI is InChI=1S/C24H34FNS/c1-2-3-18-6-11-21(12-7-18)22-13-8-19(9-14-22)4-5-20-10-15-24(26-17-27)23(25)16-20/h10,15-16,18-19,21-22H,2-9,11-14H2,1H3. The summed E-state index contributed by atoms with van der Waals surface area (Å²) in [4.78, 5) is 3.75. The molecular weight excluding hydrogens is 353 g/mol. The summed E-state index contributed by atoms with van der Waals surface area (Å²) >= 11 is 4.55. The van der Waals surface area contributed by atoms with E-state index in [0.29, 0.717) is 5.69 Å². The second-order valence-corrected chi connectivity index (χ2v) is 9.06. The Balaban J connectivity index is 1.40. The van der Waals surface area contributed by atoms with Crippen molar-refractivity contribution < 1.29 is 4.39 Å². The highest BCUT2D eigenvalue weighted by molar-refractivity contribution is 7.78. The summed E-state index contributed by atoms with van der Waals surface area (Å²) in [6, 6.07) is 5.32. The summed E-state index contributed by atoms with van der Waals surface area (Å²) in [6.45, 7) is 2.32. The number of benzene rings is 1. The molecule has 0 unspecified atom stereocenters. The van der Waals surface area contributed by atoms with E-state index in [9.17, 15) is 4.39 Å². The summed E-state index contributed by atoms with van der Waals surface area (Å²) < 4.78 is 14.0. The van der Waals surface area contributed by atoms with Crippen LogP contribution in [0.4, 0.5) is 10.1 Å². The smallest absolute Gasteiger partial charge is 0.149 e.